The molecule has 1 amide bonds. The number of carbonyl (C=O) groups is 1. The van der Waals surface area contributed by atoms with Gasteiger partial charge in [0.25, 0.3) is 0 Å². The lowest BCUT2D eigenvalue weighted by Crippen LogP contribution is -2.37. The maximum atomic E-state index is 12.0. The van der Waals surface area contributed by atoms with Crippen molar-refractivity contribution in [2.45, 2.75) is 51.5 Å². The van der Waals surface area contributed by atoms with Crippen LogP contribution in [-0.4, -0.2) is 21.7 Å². The molecule has 106 valence electrons. The van der Waals surface area contributed by atoms with E-state index in [0.29, 0.717) is 11.7 Å². The third-order valence-corrected chi connectivity index (χ3v) is 4.01. The number of nitrogens with one attached hydrogen (secondary N) is 1. The van der Waals surface area contributed by atoms with Gasteiger partial charge in [-0.15, -0.1) is 0 Å². The lowest BCUT2D eigenvalue weighted by atomic mass is 9.85. The van der Waals surface area contributed by atoms with Gasteiger partial charge in [-0.3, -0.25) is 9.48 Å². The molecule has 19 heavy (non-hydrogen) atoms. The summed E-state index contributed by atoms with van der Waals surface area (Å²) in [6.07, 6.45) is 7.09. The van der Waals surface area contributed by atoms with E-state index in [1.165, 1.54) is 32.1 Å². The fraction of sp³-hybridized carbons (Fsp3) is 0.714. The first-order valence-corrected chi connectivity index (χ1v) is 7.13. The molecule has 5 nitrogen and oxygen atoms in total. The van der Waals surface area contributed by atoms with E-state index in [1.54, 1.807) is 4.68 Å². The van der Waals surface area contributed by atoms with Gasteiger partial charge >= 0.3 is 0 Å². The first-order valence-electron chi connectivity index (χ1n) is 7.13. The number of nitrogens with zero attached hydrogens (tertiary/aromatic N) is 2. The summed E-state index contributed by atoms with van der Waals surface area (Å²) in [4.78, 5) is 12.0. The van der Waals surface area contributed by atoms with Crippen LogP contribution < -0.4 is 11.1 Å². The van der Waals surface area contributed by atoms with Gasteiger partial charge in [-0.25, -0.2) is 0 Å². The second-order valence-corrected chi connectivity index (χ2v) is 5.63. The maximum Gasteiger partial charge on any atom is 0.242 e. The Morgan fingerprint density at radius 2 is 2.21 bits per heavy atom. The molecule has 0 radical (unpaired) electrons. The number of anilines is 1. The summed E-state index contributed by atoms with van der Waals surface area (Å²) in [6, 6.07) is 1.43. The number of hydrogen-bond acceptors (Lipinski definition) is 3. The van der Waals surface area contributed by atoms with E-state index in [4.69, 9.17) is 5.73 Å². The Labute approximate surface area is 114 Å². The molecule has 0 saturated heterocycles. The lowest BCUT2D eigenvalue weighted by Gasteiger charge is -2.23. The van der Waals surface area contributed by atoms with Crippen LogP contribution in [0.5, 0.6) is 0 Å². The van der Waals surface area contributed by atoms with Crippen molar-refractivity contribution in [1.82, 2.24) is 9.78 Å². The SMILES string of the molecule is Cc1cc(NC(=O)C(N)CC2CCCCC2)nn1C. The van der Waals surface area contributed by atoms with Crippen LogP contribution in [0.3, 0.4) is 0 Å². The van der Waals surface area contributed by atoms with E-state index < -0.39 is 6.04 Å². The van der Waals surface area contributed by atoms with Crippen LogP contribution in [0.25, 0.3) is 0 Å². The van der Waals surface area contributed by atoms with E-state index in [2.05, 4.69) is 10.4 Å². The average molecular weight is 264 g/mol. The van der Waals surface area contributed by atoms with Crippen LogP contribution in [0.15, 0.2) is 6.07 Å². The molecule has 0 aliphatic heterocycles. The van der Waals surface area contributed by atoms with Crippen molar-refractivity contribution in [2.75, 3.05) is 5.32 Å². The zero-order valence-corrected chi connectivity index (χ0v) is 11.9. The molecule has 1 aliphatic rings. The van der Waals surface area contributed by atoms with Gasteiger partial charge in [0.05, 0.1) is 6.04 Å². The molecule has 0 aromatic carbocycles. The number of rotatable bonds is 4. The van der Waals surface area contributed by atoms with Crippen LogP contribution in [0.2, 0.25) is 0 Å². The van der Waals surface area contributed by atoms with Crippen LogP contribution in [0.4, 0.5) is 5.82 Å². The van der Waals surface area contributed by atoms with Crippen LogP contribution >= 0.6 is 0 Å². The summed E-state index contributed by atoms with van der Waals surface area (Å²) in [5, 5.41) is 7.01. The Balaban J connectivity index is 1.84. The van der Waals surface area contributed by atoms with Crippen molar-refractivity contribution in [1.29, 1.82) is 0 Å². The smallest absolute Gasteiger partial charge is 0.242 e. The first kappa shape index (κ1) is 14.1. The Kier molecular flexibility index (Phi) is 4.58. The van der Waals surface area contributed by atoms with Gasteiger partial charge in [-0.2, -0.15) is 5.10 Å². The molecule has 1 aliphatic carbocycles. The van der Waals surface area contributed by atoms with Crippen LogP contribution in [0.1, 0.15) is 44.2 Å². The van der Waals surface area contributed by atoms with Gasteiger partial charge in [0, 0.05) is 18.8 Å². The van der Waals surface area contributed by atoms with Crippen molar-refractivity contribution in [3.05, 3.63) is 11.8 Å². The van der Waals surface area contributed by atoms with E-state index in [-0.39, 0.29) is 5.91 Å². The molecule has 1 saturated carbocycles. The number of carbonyl (C=O) groups excluding carboxylic acids is 1. The van der Waals surface area contributed by atoms with Crippen LogP contribution in [0, 0.1) is 12.8 Å². The average Bonchev–Trinajstić information content (AvgIpc) is 2.69. The number of aromatic nitrogens is 2. The van der Waals surface area contributed by atoms with Crippen molar-refractivity contribution >= 4 is 11.7 Å². The minimum atomic E-state index is -0.426. The standard InChI is InChI=1S/C14H24N4O/c1-10-8-13(17-18(10)2)16-14(19)12(15)9-11-6-4-3-5-7-11/h8,11-12H,3-7,9,15H2,1-2H3,(H,16,17,19). The van der Waals surface area contributed by atoms with Gasteiger partial charge in [0.1, 0.15) is 0 Å². The normalized spacial score (nSPS) is 18.3. The number of nitrogens with two attached hydrogens (primary N) is 1. The van der Waals surface area contributed by atoms with Gasteiger partial charge in [0.15, 0.2) is 5.82 Å². The third kappa shape index (κ3) is 3.80. The summed E-state index contributed by atoms with van der Waals surface area (Å²) in [5.41, 5.74) is 7.00. The molecular weight excluding hydrogens is 240 g/mol. The molecular formula is C14H24N4O. The Morgan fingerprint density at radius 3 is 2.79 bits per heavy atom. The van der Waals surface area contributed by atoms with E-state index in [0.717, 1.165) is 12.1 Å². The Bertz CT molecular complexity index is 415. The first-order chi connectivity index (χ1) is 9.06. The quantitative estimate of drug-likeness (QED) is 0.873. The molecule has 1 fully saturated rings. The Hall–Kier alpha value is -1.36. The molecule has 1 atom stereocenters. The summed E-state index contributed by atoms with van der Waals surface area (Å²) >= 11 is 0. The minimum Gasteiger partial charge on any atom is -0.320 e. The molecule has 1 aromatic rings. The summed E-state index contributed by atoms with van der Waals surface area (Å²) < 4.78 is 1.74. The molecule has 3 N–H and O–H groups in total. The molecule has 0 spiro atoms. The topological polar surface area (TPSA) is 72.9 Å². The van der Waals surface area contributed by atoms with E-state index >= 15 is 0 Å². The van der Waals surface area contributed by atoms with Crippen molar-refractivity contribution in [3.8, 4) is 0 Å². The predicted octanol–water partition coefficient (Wildman–Crippen LogP) is 1.96. The highest BCUT2D eigenvalue weighted by molar-refractivity contribution is 5.93. The van der Waals surface area contributed by atoms with Crippen molar-refractivity contribution < 1.29 is 4.79 Å². The fourth-order valence-corrected chi connectivity index (χ4v) is 2.73. The van der Waals surface area contributed by atoms with E-state index in [9.17, 15) is 4.79 Å². The second-order valence-electron chi connectivity index (χ2n) is 5.63. The fourth-order valence-electron chi connectivity index (χ4n) is 2.73. The molecule has 1 heterocycles. The highest BCUT2D eigenvalue weighted by atomic mass is 16.2. The number of aryl methyl sites for hydroxylation is 2. The minimum absolute atomic E-state index is 0.122. The van der Waals surface area contributed by atoms with Gasteiger partial charge in [0.2, 0.25) is 5.91 Å². The number of hydrogen-bond donors (Lipinski definition) is 2. The molecule has 1 unspecified atom stereocenters. The maximum absolute atomic E-state index is 12.0. The highest BCUT2D eigenvalue weighted by Crippen LogP contribution is 2.27. The van der Waals surface area contributed by atoms with Gasteiger partial charge in [-0.05, 0) is 19.3 Å². The Morgan fingerprint density at radius 1 is 1.53 bits per heavy atom. The van der Waals surface area contributed by atoms with E-state index in [1.807, 2.05) is 20.0 Å². The summed E-state index contributed by atoms with van der Waals surface area (Å²) in [5.74, 6) is 1.08. The third-order valence-electron chi connectivity index (χ3n) is 4.01. The van der Waals surface area contributed by atoms with Gasteiger partial charge in [-0.1, -0.05) is 32.1 Å². The predicted molar refractivity (Wildman–Crippen MR) is 75.7 cm³/mol. The monoisotopic (exact) mass is 264 g/mol. The molecule has 0 bridgehead atoms. The number of amides is 1. The molecule has 5 heteroatoms. The largest absolute Gasteiger partial charge is 0.320 e. The zero-order valence-electron chi connectivity index (χ0n) is 11.9. The molecule has 2 rings (SSSR count). The molecule has 1 aromatic heterocycles. The van der Waals surface area contributed by atoms with Crippen molar-refractivity contribution in [3.63, 3.8) is 0 Å². The zero-order chi connectivity index (χ0) is 13.8. The second kappa shape index (κ2) is 6.19. The lowest BCUT2D eigenvalue weighted by molar-refractivity contribution is -0.117. The summed E-state index contributed by atoms with van der Waals surface area (Å²) in [6.45, 7) is 1.95. The highest BCUT2D eigenvalue weighted by Gasteiger charge is 2.21. The van der Waals surface area contributed by atoms with Crippen LogP contribution in [-0.2, 0) is 11.8 Å². The van der Waals surface area contributed by atoms with Gasteiger partial charge < -0.3 is 11.1 Å². The van der Waals surface area contributed by atoms with Crippen molar-refractivity contribution in [2.24, 2.45) is 18.7 Å². The summed E-state index contributed by atoms with van der Waals surface area (Å²) in [7, 11) is 1.85.